The number of hydrogen-bond acceptors (Lipinski definition) is 2. The van der Waals surface area contributed by atoms with Crippen molar-refractivity contribution in [2.75, 3.05) is 0 Å². The van der Waals surface area contributed by atoms with Gasteiger partial charge < -0.3 is 10.2 Å². The van der Waals surface area contributed by atoms with Crippen LogP contribution >= 0.6 is 0 Å². The van der Waals surface area contributed by atoms with Crippen molar-refractivity contribution in [2.24, 2.45) is 0 Å². The summed E-state index contributed by atoms with van der Waals surface area (Å²) in [5.41, 5.74) is 0. The van der Waals surface area contributed by atoms with Crippen LogP contribution in [-0.2, 0) is 9.59 Å². The van der Waals surface area contributed by atoms with Crippen molar-refractivity contribution in [3.05, 3.63) is 60.7 Å². The van der Waals surface area contributed by atoms with E-state index < -0.39 is 24.3 Å². The zero-order valence-corrected chi connectivity index (χ0v) is 14.9. The minimum absolute atomic E-state index is 0.461. The number of rotatable bonds is 2. The summed E-state index contributed by atoms with van der Waals surface area (Å²) in [6.45, 7) is 0. The van der Waals surface area contributed by atoms with Gasteiger partial charge >= 0.3 is 109 Å². The molecule has 0 heterocycles. The van der Waals surface area contributed by atoms with Gasteiger partial charge in [-0.3, -0.25) is 0 Å². The Morgan fingerprint density at radius 3 is 1.04 bits per heavy atom. The number of alkyl halides is 6. The molecule has 0 aliphatic heterocycles. The fourth-order valence-corrected chi connectivity index (χ4v) is 2.91. The Hall–Kier alpha value is -2.52. The summed E-state index contributed by atoms with van der Waals surface area (Å²) in [4.78, 5) is 17.8. The maximum atomic E-state index is 10.6. The van der Waals surface area contributed by atoms with Crippen molar-refractivity contribution >= 4 is 35.8 Å². The fraction of sp³-hybridized carbons (Fsp3) is 0.125. The molecule has 0 saturated heterocycles. The number of hydrogen-bond donors (Lipinski definition) is 2. The second kappa shape index (κ2) is 11.2. The van der Waals surface area contributed by atoms with Gasteiger partial charge in [0, 0.05) is 0 Å². The molecule has 2 aromatic carbocycles. The first-order valence-electron chi connectivity index (χ1n) is 6.72. The van der Waals surface area contributed by atoms with Crippen LogP contribution in [0.5, 0.6) is 0 Å². The predicted molar refractivity (Wildman–Crippen MR) is 85.3 cm³/mol. The number of carbonyl (C=O) groups is 2. The summed E-state index contributed by atoms with van der Waals surface area (Å²) in [5, 5.41) is 14.2. The first kappa shape index (κ1) is 24.5. The molecule has 4 nitrogen and oxygen atoms in total. The zero-order valence-electron chi connectivity index (χ0n) is 13.2. The van der Waals surface area contributed by atoms with Gasteiger partial charge in [-0.1, -0.05) is 0 Å². The summed E-state index contributed by atoms with van der Waals surface area (Å²) in [7, 11) is 0. The zero-order chi connectivity index (χ0) is 21.1. The normalized spacial score (nSPS) is 10.6. The fourth-order valence-electron chi connectivity index (χ4n) is 1.11. The molecule has 0 aromatic heterocycles. The molecule has 2 N–H and O–H groups in total. The van der Waals surface area contributed by atoms with E-state index in [-0.39, 0.29) is 0 Å². The van der Waals surface area contributed by atoms with E-state index >= 15 is 0 Å². The average molecular weight is 461 g/mol. The first-order chi connectivity index (χ1) is 12.3. The van der Waals surface area contributed by atoms with E-state index in [1.165, 1.54) is 8.92 Å². The van der Waals surface area contributed by atoms with Crippen molar-refractivity contribution < 1.29 is 46.1 Å². The molecule has 0 fully saturated rings. The molecule has 0 atom stereocenters. The Morgan fingerprint density at radius 2 is 0.852 bits per heavy atom. The second-order valence-electron chi connectivity index (χ2n) is 4.33. The van der Waals surface area contributed by atoms with Crippen LogP contribution in [0.1, 0.15) is 0 Å². The van der Waals surface area contributed by atoms with Crippen LogP contribution < -0.4 is 8.92 Å². The Bertz CT molecular complexity index is 641. The molecular formula is C16H12F6O4Se. The van der Waals surface area contributed by atoms with E-state index in [2.05, 4.69) is 60.7 Å². The van der Waals surface area contributed by atoms with E-state index in [1.807, 2.05) is 0 Å². The summed E-state index contributed by atoms with van der Waals surface area (Å²) >= 11 is 0.461. The molecule has 0 unspecified atom stereocenters. The van der Waals surface area contributed by atoms with Gasteiger partial charge in [0.05, 0.1) is 0 Å². The van der Waals surface area contributed by atoms with Crippen molar-refractivity contribution in [3.8, 4) is 0 Å². The number of aliphatic carboxylic acids is 2. The summed E-state index contributed by atoms with van der Waals surface area (Å²) in [6, 6.07) is 21.3. The van der Waals surface area contributed by atoms with Gasteiger partial charge in [0.1, 0.15) is 0 Å². The number of carboxylic acids is 2. The van der Waals surface area contributed by atoms with Crippen LogP contribution in [0.15, 0.2) is 60.7 Å². The third-order valence-electron chi connectivity index (χ3n) is 2.21. The number of benzene rings is 2. The summed E-state index contributed by atoms with van der Waals surface area (Å²) in [6.07, 6.45) is -10.2. The Morgan fingerprint density at radius 1 is 0.630 bits per heavy atom. The number of carboxylic acid groups (broad SMARTS) is 2. The van der Waals surface area contributed by atoms with Crippen LogP contribution in [0.3, 0.4) is 0 Å². The third-order valence-corrected chi connectivity index (χ3v) is 4.34. The summed E-state index contributed by atoms with van der Waals surface area (Å²) < 4.78 is 66.3. The molecule has 11 heteroatoms. The molecule has 27 heavy (non-hydrogen) atoms. The van der Waals surface area contributed by atoms with Crippen LogP contribution in [0.25, 0.3) is 0 Å². The Kier molecular flexibility index (Phi) is 10.2. The molecule has 2 aromatic rings. The molecular weight excluding hydrogens is 449 g/mol. The topological polar surface area (TPSA) is 74.6 Å². The monoisotopic (exact) mass is 462 g/mol. The molecule has 148 valence electrons. The SMILES string of the molecule is O=C(O)C(F)(F)F.O=C(O)C(F)(F)F.c1ccc([Se]c2ccccc2)cc1. The van der Waals surface area contributed by atoms with Gasteiger partial charge in [0.25, 0.3) is 0 Å². The number of halogens is 6. The van der Waals surface area contributed by atoms with E-state index in [0.29, 0.717) is 15.0 Å². The van der Waals surface area contributed by atoms with E-state index in [1.54, 1.807) is 0 Å². The van der Waals surface area contributed by atoms with Crippen molar-refractivity contribution in [1.29, 1.82) is 0 Å². The molecule has 0 aliphatic rings. The molecule has 0 saturated carbocycles. The Labute approximate surface area is 155 Å². The molecule has 0 amide bonds. The first-order valence-corrected chi connectivity index (χ1v) is 8.43. The van der Waals surface area contributed by atoms with Crippen LogP contribution in [0, 0.1) is 0 Å². The van der Waals surface area contributed by atoms with Crippen LogP contribution in [0.2, 0.25) is 0 Å². The second-order valence-corrected chi connectivity index (χ2v) is 6.74. The molecule has 0 aliphatic carbocycles. The average Bonchev–Trinajstić information content (AvgIpc) is 2.56. The van der Waals surface area contributed by atoms with Gasteiger partial charge in [-0.05, 0) is 0 Å². The van der Waals surface area contributed by atoms with Gasteiger partial charge in [-0.25, -0.2) is 9.59 Å². The maximum absolute atomic E-state index is 10.6. The molecule has 2 rings (SSSR count). The van der Waals surface area contributed by atoms with E-state index in [0.717, 1.165) is 0 Å². The van der Waals surface area contributed by atoms with Crippen molar-refractivity contribution in [1.82, 2.24) is 0 Å². The molecule has 0 radical (unpaired) electrons. The minimum atomic E-state index is -5.08. The van der Waals surface area contributed by atoms with E-state index in [4.69, 9.17) is 19.8 Å². The standard InChI is InChI=1S/C12H10Se.2C2HF3O2/c1-3-7-11(8-4-1)13-12-9-5-2-6-10-12;2*3-2(4,5)1(6)7/h1-10H;2*(H,6,7). The van der Waals surface area contributed by atoms with E-state index in [9.17, 15) is 26.3 Å². The molecule has 0 spiro atoms. The van der Waals surface area contributed by atoms with Crippen LogP contribution in [-0.4, -0.2) is 49.5 Å². The molecule has 0 bridgehead atoms. The van der Waals surface area contributed by atoms with Gasteiger partial charge in [0.15, 0.2) is 0 Å². The van der Waals surface area contributed by atoms with Crippen molar-refractivity contribution in [3.63, 3.8) is 0 Å². The third kappa shape index (κ3) is 12.5. The van der Waals surface area contributed by atoms with Gasteiger partial charge in [-0.2, -0.15) is 26.3 Å². The quantitative estimate of drug-likeness (QED) is 0.533. The van der Waals surface area contributed by atoms with Crippen molar-refractivity contribution in [2.45, 2.75) is 12.4 Å². The van der Waals surface area contributed by atoms with Gasteiger partial charge in [-0.15, -0.1) is 0 Å². The predicted octanol–water partition coefficient (Wildman–Crippen LogP) is 2.61. The van der Waals surface area contributed by atoms with Crippen LogP contribution in [0.4, 0.5) is 26.3 Å². The Balaban J connectivity index is 0.000000416. The van der Waals surface area contributed by atoms with Gasteiger partial charge in [0.2, 0.25) is 0 Å². The summed E-state index contributed by atoms with van der Waals surface area (Å²) in [5.74, 6) is -5.51.